The van der Waals surface area contributed by atoms with Crippen LogP contribution in [0.3, 0.4) is 0 Å². The number of amides is 1. The van der Waals surface area contributed by atoms with Gasteiger partial charge in [-0.15, -0.1) is 11.6 Å². The van der Waals surface area contributed by atoms with Crippen molar-refractivity contribution in [2.24, 2.45) is 11.8 Å². The van der Waals surface area contributed by atoms with E-state index >= 15 is 0 Å². The van der Waals surface area contributed by atoms with E-state index in [-0.39, 0.29) is 24.2 Å². The van der Waals surface area contributed by atoms with E-state index in [0.29, 0.717) is 12.2 Å². The number of esters is 1. The molecule has 2 fully saturated rings. The number of hydrogen-bond acceptors (Lipinski definition) is 5. The van der Waals surface area contributed by atoms with Gasteiger partial charge < -0.3 is 19.5 Å². The summed E-state index contributed by atoms with van der Waals surface area (Å²) in [5.41, 5.74) is -1.66. The van der Waals surface area contributed by atoms with Crippen molar-refractivity contribution < 1.29 is 24.2 Å². The molecule has 30 heavy (non-hydrogen) atoms. The van der Waals surface area contributed by atoms with Crippen LogP contribution in [0, 0.1) is 11.8 Å². The molecule has 0 bridgehead atoms. The summed E-state index contributed by atoms with van der Waals surface area (Å²) in [6.07, 6.45) is 6.03. The van der Waals surface area contributed by atoms with E-state index in [4.69, 9.17) is 21.1 Å². The zero-order valence-electron chi connectivity index (χ0n) is 17.3. The number of benzene rings is 1. The number of carbonyl (C=O) groups is 2. The van der Waals surface area contributed by atoms with Crippen LogP contribution in [0.2, 0.25) is 0 Å². The zero-order valence-corrected chi connectivity index (χ0v) is 18.1. The van der Waals surface area contributed by atoms with Crippen LogP contribution in [0.4, 0.5) is 0 Å². The number of nitrogens with zero attached hydrogens (tertiary/aromatic N) is 1. The predicted molar refractivity (Wildman–Crippen MR) is 112 cm³/mol. The summed E-state index contributed by atoms with van der Waals surface area (Å²) >= 11 is 6.00. The highest BCUT2D eigenvalue weighted by Gasteiger charge is 2.82. The van der Waals surface area contributed by atoms with Gasteiger partial charge >= 0.3 is 5.97 Å². The second-order valence-corrected chi connectivity index (χ2v) is 8.91. The van der Waals surface area contributed by atoms with Crippen molar-refractivity contribution in [1.29, 1.82) is 0 Å². The minimum Gasteiger partial charge on any atom is -0.497 e. The zero-order chi connectivity index (χ0) is 21.5. The Balaban J connectivity index is 1.76. The molecule has 1 amide bonds. The van der Waals surface area contributed by atoms with Gasteiger partial charge in [-0.3, -0.25) is 4.79 Å². The summed E-state index contributed by atoms with van der Waals surface area (Å²) in [5, 5.41) is 11.5. The fourth-order valence-corrected chi connectivity index (χ4v) is 5.64. The van der Waals surface area contributed by atoms with E-state index in [9.17, 15) is 14.7 Å². The van der Waals surface area contributed by atoms with Gasteiger partial charge in [0.2, 0.25) is 11.4 Å². The first-order valence-electron chi connectivity index (χ1n) is 10.5. The number of fused-ring (bicyclic) bond motifs is 1. The monoisotopic (exact) mass is 433 g/mol. The summed E-state index contributed by atoms with van der Waals surface area (Å²) in [7, 11) is 1.59. The van der Waals surface area contributed by atoms with Gasteiger partial charge in [-0.1, -0.05) is 24.3 Å². The quantitative estimate of drug-likeness (QED) is 0.406. The highest BCUT2D eigenvalue weighted by Crippen LogP contribution is 2.58. The molecular formula is C23H28ClNO5. The maximum absolute atomic E-state index is 13.5. The van der Waals surface area contributed by atoms with Gasteiger partial charge in [0, 0.05) is 18.3 Å². The highest BCUT2D eigenvalue weighted by atomic mass is 35.5. The van der Waals surface area contributed by atoms with Crippen LogP contribution in [0.5, 0.6) is 5.75 Å². The lowest BCUT2D eigenvalue weighted by Gasteiger charge is -2.57. The second-order valence-electron chi connectivity index (χ2n) is 8.53. The molecule has 2 aliphatic heterocycles. The lowest BCUT2D eigenvalue weighted by Crippen LogP contribution is -2.80. The molecular weight excluding hydrogens is 406 g/mol. The molecule has 1 aliphatic carbocycles. The molecule has 1 aromatic rings. The molecule has 2 saturated heterocycles. The topological polar surface area (TPSA) is 76.1 Å². The Morgan fingerprint density at radius 3 is 2.63 bits per heavy atom. The Kier molecular flexibility index (Phi) is 5.58. The standard InChI is InChI=1S/C23H28ClNO5/c1-22-18(12-13-24)20(27)25(14-15-8-10-17(29-2)11-9-15)23(22,21(28)30-22)19(26)16-6-4-3-5-7-16/h4,6,8-11,16,18-19,26H,3,5,7,12-14H2,1-2H3/t16-,18+,19+,22+,23?/m1/s1. The van der Waals surface area contributed by atoms with Crippen LogP contribution in [-0.2, 0) is 20.9 Å². The number of carbonyl (C=O) groups excluding carboxylic acids is 2. The SMILES string of the molecule is COc1ccc(CN2C(=O)[C@H](CCCl)[C@]3(C)OC(=O)C23[C@@H](O)[C@@H]2C=CCCC2)cc1. The third-order valence-electron chi connectivity index (χ3n) is 7.05. The van der Waals surface area contributed by atoms with Crippen LogP contribution < -0.4 is 4.74 Å². The summed E-state index contributed by atoms with van der Waals surface area (Å²) in [5.74, 6) is -0.523. The Hall–Kier alpha value is -2.05. The number of hydrogen-bond donors (Lipinski definition) is 1. The number of ether oxygens (including phenoxy) is 2. The normalized spacial score (nSPS) is 33.7. The molecule has 162 valence electrons. The van der Waals surface area contributed by atoms with Crippen LogP contribution >= 0.6 is 11.6 Å². The maximum atomic E-state index is 13.5. The molecule has 5 atom stereocenters. The summed E-state index contributed by atoms with van der Waals surface area (Å²) in [6, 6.07) is 7.36. The number of methoxy groups -OCH3 is 1. The van der Waals surface area contributed by atoms with Crippen LogP contribution in [-0.4, -0.2) is 52.1 Å². The van der Waals surface area contributed by atoms with Crippen LogP contribution in [0.1, 0.15) is 38.2 Å². The van der Waals surface area contributed by atoms with Crippen molar-refractivity contribution in [2.45, 2.75) is 56.4 Å². The molecule has 1 aromatic carbocycles. The molecule has 0 radical (unpaired) electrons. The van der Waals surface area contributed by atoms with Gasteiger partial charge in [0.1, 0.15) is 5.75 Å². The van der Waals surface area contributed by atoms with Crippen molar-refractivity contribution in [3.05, 3.63) is 42.0 Å². The Morgan fingerprint density at radius 1 is 1.33 bits per heavy atom. The number of aliphatic hydroxyl groups is 1. The molecule has 0 saturated carbocycles. The average molecular weight is 434 g/mol. The number of likely N-dealkylation sites (tertiary alicyclic amines) is 1. The molecule has 1 N–H and O–H groups in total. The van der Waals surface area contributed by atoms with Crippen LogP contribution in [0.15, 0.2) is 36.4 Å². The molecule has 2 heterocycles. The number of rotatable bonds is 7. The highest BCUT2D eigenvalue weighted by molar-refractivity contribution is 6.18. The largest absolute Gasteiger partial charge is 0.497 e. The minimum atomic E-state index is -1.41. The van der Waals surface area contributed by atoms with Crippen LogP contribution in [0.25, 0.3) is 0 Å². The number of halogens is 1. The van der Waals surface area contributed by atoms with E-state index in [2.05, 4.69) is 0 Å². The first kappa shape index (κ1) is 21.2. The van der Waals surface area contributed by atoms with E-state index in [0.717, 1.165) is 24.8 Å². The first-order chi connectivity index (χ1) is 14.4. The van der Waals surface area contributed by atoms with Crippen molar-refractivity contribution in [1.82, 2.24) is 4.90 Å². The summed E-state index contributed by atoms with van der Waals surface area (Å²) in [6.45, 7) is 1.98. The van der Waals surface area contributed by atoms with E-state index < -0.39 is 29.1 Å². The molecule has 3 aliphatic rings. The van der Waals surface area contributed by atoms with Gasteiger partial charge in [-0.25, -0.2) is 4.79 Å². The number of alkyl halides is 1. The fourth-order valence-electron chi connectivity index (χ4n) is 5.43. The molecule has 0 spiro atoms. The van der Waals surface area contributed by atoms with Crippen molar-refractivity contribution >= 4 is 23.5 Å². The predicted octanol–water partition coefficient (Wildman–Crippen LogP) is 3.05. The average Bonchev–Trinajstić information content (AvgIpc) is 2.90. The van der Waals surface area contributed by atoms with Gasteiger partial charge in [0.15, 0.2) is 5.60 Å². The maximum Gasteiger partial charge on any atom is 0.339 e. The molecule has 4 rings (SSSR count). The molecule has 6 nitrogen and oxygen atoms in total. The first-order valence-corrected chi connectivity index (χ1v) is 11.0. The van der Waals surface area contributed by atoms with Gasteiger partial charge in [-0.2, -0.15) is 0 Å². The smallest absolute Gasteiger partial charge is 0.339 e. The van der Waals surface area contributed by atoms with E-state index in [1.807, 2.05) is 36.4 Å². The molecule has 1 unspecified atom stereocenters. The number of allylic oxidation sites excluding steroid dienone is 1. The third kappa shape index (κ3) is 2.88. The van der Waals surface area contributed by atoms with Crippen molar-refractivity contribution in [3.63, 3.8) is 0 Å². The third-order valence-corrected chi connectivity index (χ3v) is 7.27. The Labute approximate surface area is 181 Å². The molecule has 0 aromatic heterocycles. The summed E-state index contributed by atoms with van der Waals surface area (Å²) in [4.78, 5) is 28.1. The van der Waals surface area contributed by atoms with Gasteiger partial charge in [0.05, 0.1) is 19.1 Å². The minimum absolute atomic E-state index is 0.196. The second kappa shape index (κ2) is 7.89. The van der Waals surface area contributed by atoms with E-state index in [1.54, 1.807) is 18.9 Å². The van der Waals surface area contributed by atoms with Crippen molar-refractivity contribution in [3.8, 4) is 5.75 Å². The lowest BCUT2D eigenvalue weighted by molar-refractivity contribution is -0.256. The van der Waals surface area contributed by atoms with Gasteiger partial charge in [-0.05, 0) is 50.3 Å². The lowest BCUT2D eigenvalue weighted by atomic mass is 9.64. The summed E-state index contributed by atoms with van der Waals surface area (Å²) < 4.78 is 10.9. The van der Waals surface area contributed by atoms with Gasteiger partial charge in [0.25, 0.3) is 0 Å². The number of aliphatic hydroxyl groups excluding tert-OH is 1. The van der Waals surface area contributed by atoms with E-state index in [1.165, 1.54) is 0 Å². The van der Waals surface area contributed by atoms with Crippen molar-refractivity contribution in [2.75, 3.05) is 13.0 Å². The fraction of sp³-hybridized carbons (Fsp3) is 0.565. The molecule has 7 heteroatoms. The Morgan fingerprint density at radius 2 is 2.07 bits per heavy atom. The Bertz CT molecular complexity index is 856.